The summed E-state index contributed by atoms with van der Waals surface area (Å²) in [4.78, 5) is 18.8. The molecule has 176 valence electrons. The number of urea groups is 1. The smallest absolute Gasteiger partial charge is 0.327 e. The summed E-state index contributed by atoms with van der Waals surface area (Å²) < 4.78 is 47.2. The molecule has 1 aromatic heterocycles. The lowest BCUT2D eigenvalue weighted by atomic mass is 9.94. The predicted molar refractivity (Wildman–Crippen MR) is 124 cm³/mol. The van der Waals surface area contributed by atoms with Gasteiger partial charge in [0.05, 0.1) is 17.3 Å². The van der Waals surface area contributed by atoms with E-state index in [1.165, 1.54) is 29.2 Å². The second-order valence-electron chi connectivity index (χ2n) is 8.16. The molecule has 1 unspecified atom stereocenters. The Morgan fingerprint density at radius 1 is 0.943 bits per heavy atom. The number of halogens is 3. The SMILES string of the molecule is CC1=C(c2nc(-c3cccc(C)c3)no2)C(c2cccc(F)c2)NC(=O)N1c1ccc(F)c(F)c1. The topological polar surface area (TPSA) is 71.3 Å². The van der Waals surface area contributed by atoms with Crippen LogP contribution in [0.3, 0.4) is 0 Å². The van der Waals surface area contributed by atoms with Gasteiger partial charge in [0, 0.05) is 17.3 Å². The van der Waals surface area contributed by atoms with Crippen LogP contribution in [0.2, 0.25) is 0 Å². The molecule has 0 saturated carbocycles. The van der Waals surface area contributed by atoms with Crippen LogP contribution in [0.4, 0.5) is 23.7 Å². The number of hydrogen-bond acceptors (Lipinski definition) is 4. The Balaban J connectivity index is 1.67. The highest BCUT2D eigenvalue weighted by molar-refractivity contribution is 6.01. The van der Waals surface area contributed by atoms with E-state index in [1.807, 2.05) is 31.2 Å². The molecule has 0 aliphatic carbocycles. The first-order valence-electron chi connectivity index (χ1n) is 10.7. The zero-order chi connectivity index (χ0) is 24.7. The van der Waals surface area contributed by atoms with E-state index in [2.05, 4.69) is 15.5 Å². The molecule has 0 saturated heterocycles. The third-order valence-electron chi connectivity index (χ3n) is 5.76. The van der Waals surface area contributed by atoms with Crippen LogP contribution in [0, 0.1) is 24.4 Å². The number of benzene rings is 3. The van der Waals surface area contributed by atoms with E-state index in [-0.39, 0.29) is 11.6 Å². The van der Waals surface area contributed by atoms with Crippen molar-refractivity contribution in [2.75, 3.05) is 4.90 Å². The number of rotatable bonds is 4. The number of nitrogens with one attached hydrogen (secondary N) is 1. The Hall–Kier alpha value is -4.40. The number of nitrogens with zero attached hydrogens (tertiary/aromatic N) is 3. The maximum atomic E-state index is 14.1. The number of allylic oxidation sites excluding steroid dienone is 1. The molecule has 4 aromatic rings. The summed E-state index contributed by atoms with van der Waals surface area (Å²) in [6.45, 7) is 3.56. The first kappa shape index (κ1) is 22.4. The molecule has 0 bridgehead atoms. The van der Waals surface area contributed by atoms with E-state index < -0.39 is 29.5 Å². The molecule has 2 amide bonds. The fourth-order valence-corrected chi connectivity index (χ4v) is 4.13. The molecular weight excluding hydrogens is 457 g/mol. The lowest BCUT2D eigenvalue weighted by molar-refractivity contribution is 0.244. The fraction of sp³-hybridized carbons (Fsp3) is 0.115. The van der Waals surface area contributed by atoms with Gasteiger partial charge < -0.3 is 9.84 Å². The van der Waals surface area contributed by atoms with Gasteiger partial charge in [-0.05, 0) is 49.7 Å². The van der Waals surface area contributed by atoms with Gasteiger partial charge >= 0.3 is 6.03 Å². The van der Waals surface area contributed by atoms with Crippen molar-refractivity contribution in [3.05, 3.63) is 107 Å². The van der Waals surface area contributed by atoms with Crippen molar-refractivity contribution in [2.24, 2.45) is 0 Å². The standard InChI is InChI=1S/C26H19F3N4O2/c1-14-5-3-7-17(11-14)24-31-25(35-32-24)22-15(2)33(19-9-10-20(28)21(29)13-19)26(34)30-23(22)16-6-4-8-18(27)12-16/h3-13,23H,1-2H3,(H,30,34). The Bertz CT molecular complexity index is 1480. The molecule has 35 heavy (non-hydrogen) atoms. The van der Waals surface area contributed by atoms with E-state index in [9.17, 15) is 18.0 Å². The largest absolute Gasteiger partial charge is 0.334 e. The second kappa shape index (κ2) is 8.75. The normalized spacial score (nSPS) is 16.0. The van der Waals surface area contributed by atoms with Crippen LogP contribution in [0.15, 0.2) is 77.0 Å². The Labute approximate surface area is 198 Å². The molecule has 3 aromatic carbocycles. The molecule has 5 rings (SSSR count). The summed E-state index contributed by atoms with van der Waals surface area (Å²) >= 11 is 0. The van der Waals surface area contributed by atoms with Gasteiger partial charge in [-0.15, -0.1) is 0 Å². The average Bonchev–Trinajstić information content (AvgIpc) is 3.31. The van der Waals surface area contributed by atoms with Gasteiger partial charge in [-0.25, -0.2) is 18.0 Å². The maximum absolute atomic E-state index is 14.1. The Morgan fingerprint density at radius 2 is 1.74 bits per heavy atom. The molecule has 0 fully saturated rings. The minimum Gasteiger partial charge on any atom is -0.334 e. The number of aromatic nitrogens is 2. The Kier molecular flexibility index (Phi) is 5.60. The molecule has 1 N–H and O–H groups in total. The van der Waals surface area contributed by atoms with Crippen LogP contribution >= 0.6 is 0 Å². The molecule has 1 aliphatic rings. The van der Waals surface area contributed by atoms with Crippen molar-refractivity contribution in [3.63, 3.8) is 0 Å². The minimum absolute atomic E-state index is 0.0980. The van der Waals surface area contributed by atoms with Crippen LogP contribution < -0.4 is 10.2 Å². The number of carbonyl (C=O) groups is 1. The zero-order valence-corrected chi connectivity index (χ0v) is 18.7. The summed E-state index contributed by atoms with van der Waals surface area (Å²) in [5.41, 5.74) is 3.04. The van der Waals surface area contributed by atoms with Crippen LogP contribution in [0.5, 0.6) is 0 Å². The van der Waals surface area contributed by atoms with E-state index >= 15 is 0 Å². The average molecular weight is 476 g/mol. The minimum atomic E-state index is -1.10. The van der Waals surface area contributed by atoms with Crippen LogP contribution in [0.25, 0.3) is 17.0 Å². The van der Waals surface area contributed by atoms with Gasteiger partial charge in [0.1, 0.15) is 5.82 Å². The number of aryl methyl sites for hydroxylation is 1. The molecule has 0 spiro atoms. The zero-order valence-electron chi connectivity index (χ0n) is 18.7. The molecule has 2 heterocycles. The first-order valence-corrected chi connectivity index (χ1v) is 10.7. The van der Waals surface area contributed by atoms with Gasteiger partial charge in [-0.2, -0.15) is 4.98 Å². The van der Waals surface area contributed by atoms with Crippen molar-refractivity contribution >= 4 is 17.3 Å². The fourth-order valence-electron chi connectivity index (χ4n) is 4.13. The number of anilines is 1. The Morgan fingerprint density at radius 3 is 2.49 bits per heavy atom. The number of hydrogen-bond donors (Lipinski definition) is 1. The van der Waals surface area contributed by atoms with Gasteiger partial charge in [0.2, 0.25) is 5.82 Å². The highest BCUT2D eigenvalue weighted by Gasteiger charge is 2.37. The molecule has 0 radical (unpaired) electrons. The lowest BCUT2D eigenvalue weighted by Crippen LogP contribution is -2.46. The third kappa shape index (κ3) is 4.16. The van der Waals surface area contributed by atoms with Gasteiger partial charge in [-0.3, -0.25) is 4.90 Å². The van der Waals surface area contributed by atoms with Crippen LogP contribution in [-0.4, -0.2) is 16.2 Å². The van der Waals surface area contributed by atoms with Crippen molar-refractivity contribution in [3.8, 4) is 11.4 Å². The molecule has 9 heteroatoms. The highest BCUT2D eigenvalue weighted by Crippen LogP contribution is 2.39. The summed E-state index contributed by atoms with van der Waals surface area (Å²) in [5.74, 6) is -2.19. The second-order valence-corrected chi connectivity index (χ2v) is 8.16. The quantitative estimate of drug-likeness (QED) is 0.383. The van der Waals surface area contributed by atoms with Gasteiger partial charge in [0.25, 0.3) is 5.89 Å². The number of carbonyl (C=O) groups excluding carboxylic acids is 1. The van der Waals surface area contributed by atoms with Crippen LogP contribution in [-0.2, 0) is 0 Å². The summed E-state index contributed by atoms with van der Waals surface area (Å²) in [6, 6.07) is 15.0. The highest BCUT2D eigenvalue weighted by atomic mass is 19.2. The number of amides is 2. The monoisotopic (exact) mass is 476 g/mol. The molecule has 6 nitrogen and oxygen atoms in total. The lowest BCUT2D eigenvalue weighted by Gasteiger charge is -2.35. The van der Waals surface area contributed by atoms with Crippen molar-refractivity contribution in [1.29, 1.82) is 0 Å². The maximum Gasteiger partial charge on any atom is 0.327 e. The summed E-state index contributed by atoms with van der Waals surface area (Å²) in [7, 11) is 0. The van der Waals surface area contributed by atoms with Crippen molar-refractivity contribution in [2.45, 2.75) is 19.9 Å². The van der Waals surface area contributed by atoms with E-state index in [4.69, 9.17) is 4.52 Å². The van der Waals surface area contributed by atoms with Gasteiger partial charge in [-0.1, -0.05) is 41.1 Å². The van der Waals surface area contributed by atoms with E-state index in [0.717, 1.165) is 23.3 Å². The summed E-state index contributed by atoms with van der Waals surface area (Å²) in [6.07, 6.45) is 0. The molecule has 1 aliphatic heterocycles. The predicted octanol–water partition coefficient (Wildman–Crippen LogP) is 6.16. The van der Waals surface area contributed by atoms with Crippen LogP contribution in [0.1, 0.15) is 30.0 Å². The summed E-state index contributed by atoms with van der Waals surface area (Å²) in [5, 5.41) is 6.89. The van der Waals surface area contributed by atoms with Crippen molar-refractivity contribution in [1.82, 2.24) is 15.5 Å². The van der Waals surface area contributed by atoms with E-state index in [0.29, 0.717) is 22.7 Å². The third-order valence-corrected chi connectivity index (χ3v) is 5.76. The van der Waals surface area contributed by atoms with E-state index in [1.54, 1.807) is 13.0 Å². The molecular formula is C26H19F3N4O2. The first-order chi connectivity index (χ1) is 16.8. The van der Waals surface area contributed by atoms with Gasteiger partial charge in [0.15, 0.2) is 11.6 Å². The van der Waals surface area contributed by atoms with Crippen molar-refractivity contribution < 1.29 is 22.5 Å². The molecule has 1 atom stereocenters.